The van der Waals surface area contributed by atoms with Gasteiger partial charge < -0.3 is 5.11 Å². The van der Waals surface area contributed by atoms with Crippen LogP contribution in [0.2, 0.25) is 0 Å². The number of rotatable bonds is 5. The van der Waals surface area contributed by atoms with Crippen LogP contribution in [0.3, 0.4) is 0 Å². The summed E-state index contributed by atoms with van der Waals surface area (Å²) >= 11 is 1.26. The van der Waals surface area contributed by atoms with E-state index in [1.54, 1.807) is 12.1 Å². The first-order chi connectivity index (χ1) is 11.6. The van der Waals surface area contributed by atoms with Crippen molar-refractivity contribution >= 4 is 28.3 Å². The summed E-state index contributed by atoms with van der Waals surface area (Å²) in [6.45, 7) is 0. The maximum atomic E-state index is 12.3. The number of carboxylic acid groups (broad SMARTS) is 1. The second-order valence-electron chi connectivity index (χ2n) is 4.97. The quantitative estimate of drug-likeness (QED) is 0.745. The van der Waals surface area contributed by atoms with Crippen molar-refractivity contribution in [3.8, 4) is 0 Å². The Labute approximate surface area is 141 Å². The normalized spacial score (nSPS) is 10.3. The molecule has 1 amide bonds. The van der Waals surface area contributed by atoms with E-state index in [0.29, 0.717) is 11.6 Å². The minimum atomic E-state index is -1.15. The van der Waals surface area contributed by atoms with Crippen molar-refractivity contribution in [2.24, 2.45) is 0 Å². The fourth-order valence-electron chi connectivity index (χ4n) is 2.18. The zero-order valence-corrected chi connectivity index (χ0v) is 13.3. The molecule has 2 N–H and O–H groups in total. The minimum absolute atomic E-state index is 0.0518. The first kappa shape index (κ1) is 15.8. The van der Waals surface area contributed by atoms with Gasteiger partial charge in [0.2, 0.25) is 5.13 Å². The maximum absolute atomic E-state index is 12.3. The van der Waals surface area contributed by atoms with Crippen LogP contribution in [-0.2, 0) is 6.42 Å². The summed E-state index contributed by atoms with van der Waals surface area (Å²) in [6.07, 6.45) is 0.625. The average Bonchev–Trinajstić information content (AvgIpc) is 3.02. The zero-order chi connectivity index (χ0) is 16.9. The number of nitrogens with zero attached hydrogens (tertiary/aromatic N) is 2. The summed E-state index contributed by atoms with van der Waals surface area (Å²) in [6, 6.07) is 15.8. The van der Waals surface area contributed by atoms with Gasteiger partial charge in [0, 0.05) is 6.42 Å². The Morgan fingerprint density at radius 1 is 0.958 bits per heavy atom. The van der Waals surface area contributed by atoms with E-state index < -0.39 is 11.9 Å². The third-order valence-electron chi connectivity index (χ3n) is 3.29. The molecule has 0 radical (unpaired) electrons. The van der Waals surface area contributed by atoms with E-state index >= 15 is 0 Å². The SMILES string of the molecule is O=C(O)c1ccccc1C(=O)Nc1nnc(Cc2ccccc2)s1. The van der Waals surface area contributed by atoms with E-state index in [9.17, 15) is 9.59 Å². The molecule has 0 atom stereocenters. The van der Waals surface area contributed by atoms with Gasteiger partial charge in [-0.3, -0.25) is 10.1 Å². The average molecular weight is 339 g/mol. The Morgan fingerprint density at radius 2 is 1.62 bits per heavy atom. The number of aromatic carboxylic acids is 1. The molecule has 0 saturated carbocycles. The molecule has 0 aliphatic heterocycles. The van der Waals surface area contributed by atoms with Crippen LogP contribution in [0.4, 0.5) is 5.13 Å². The van der Waals surface area contributed by atoms with Crippen molar-refractivity contribution in [3.63, 3.8) is 0 Å². The molecule has 0 fully saturated rings. The molecule has 0 bridgehead atoms. The van der Waals surface area contributed by atoms with E-state index in [0.717, 1.165) is 10.6 Å². The summed E-state index contributed by atoms with van der Waals surface area (Å²) in [4.78, 5) is 23.5. The molecule has 120 valence electrons. The van der Waals surface area contributed by atoms with Gasteiger partial charge in [-0.1, -0.05) is 53.8 Å². The lowest BCUT2D eigenvalue weighted by atomic mass is 10.1. The number of nitrogens with one attached hydrogen (secondary N) is 1. The van der Waals surface area contributed by atoms with E-state index in [-0.39, 0.29) is 11.1 Å². The Bertz CT molecular complexity index is 878. The topological polar surface area (TPSA) is 92.2 Å². The Balaban J connectivity index is 1.73. The second-order valence-corrected chi connectivity index (χ2v) is 6.03. The highest BCUT2D eigenvalue weighted by molar-refractivity contribution is 7.15. The van der Waals surface area contributed by atoms with Gasteiger partial charge in [0.25, 0.3) is 5.91 Å². The number of amides is 1. The van der Waals surface area contributed by atoms with Gasteiger partial charge in [-0.2, -0.15) is 0 Å². The monoisotopic (exact) mass is 339 g/mol. The summed E-state index contributed by atoms with van der Waals surface area (Å²) in [5.74, 6) is -1.67. The number of hydrogen-bond acceptors (Lipinski definition) is 5. The first-order valence-corrected chi connectivity index (χ1v) is 7.95. The minimum Gasteiger partial charge on any atom is -0.478 e. The second kappa shape index (κ2) is 7.01. The first-order valence-electron chi connectivity index (χ1n) is 7.13. The van der Waals surface area contributed by atoms with Crippen LogP contribution < -0.4 is 5.32 Å². The molecule has 7 heteroatoms. The molecule has 1 aromatic heterocycles. The van der Waals surface area contributed by atoms with Crippen molar-refractivity contribution in [1.82, 2.24) is 10.2 Å². The van der Waals surface area contributed by atoms with Crippen LogP contribution in [0.15, 0.2) is 54.6 Å². The standard InChI is InChI=1S/C17H13N3O3S/c21-15(12-8-4-5-9-13(12)16(22)23)18-17-20-19-14(24-17)10-11-6-2-1-3-7-11/h1-9H,10H2,(H,22,23)(H,18,20,21). The largest absolute Gasteiger partial charge is 0.478 e. The lowest BCUT2D eigenvalue weighted by Crippen LogP contribution is -2.16. The fraction of sp³-hybridized carbons (Fsp3) is 0.0588. The van der Waals surface area contributed by atoms with Crippen molar-refractivity contribution < 1.29 is 14.7 Å². The Kier molecular flexibility index (Phi) is 4.62. The highest BCUT2D eigenvalue weighted by Crippen LogP contribution is 2.20. The Hall–Kier alpha value is -3.06. The molecule has 2 aromatic carbocycles. The molecule has 3 aromatic rings. The summed E-state index contributed by atoms with van der Waals surface area (Å²) in [7, 11) is 0. The molecule has 0 aliphatic rings. The lowest BCUT2D eigenvalue weighted by molar-refractivity contribution is 0.0692. The summed E-state index contributed by atoms with van der Waals surface area (Å²) < 4.78 is 0. The van der Waals surface area contributed by atoms with Crippen LogP contribution in [0, 0.1) is 0 Å². The summed E-state index contributed by atoms with van der Waals surface area (Å²) in [5.41, 5.74) is 1.14. The van der Waals surface area contributed by atoms with Crippen LogP contribution in [-0.4, -0.2) is 27.2 Å². The third-order valence-corrected chi connectivity index (χ3v) is 4.13. The number of anilines is 1. The van der Waals surface area contributed by atoms with E-state index in [1.165, 1.54) is 23.5 Å². The lowest BCUT2D eigenvalue weighted by Gasteiger charge is -2.04. The number of carbonyl (C=O) groups excluding carboxylic acids is 1. The van der Waals surface area contributed by atoms with Gasteiger partial charge in [0.1, 0.15) is 5.01 Å². The van der Waals surface area contributed by atoms with Gasteiger partial charge in [-0.05, 0) is 17.7 Å². The highest BCUT2D eigenvalue weighted by Gasteiger charge is 2.17. The zero-order valence-electron chi connectivity index (χ0n) is 12.5. The van der Waals surface area contributed by atoms with Crippen LogP contribution in [0.25, 0.3) is 0 Å². The van der Waals surface area contributed by atoms with E-state index in [2.05, 4.69) is 15.5 Å². The van der Waals surface area contributed by atoms with Gasteiger partial charge in [-0.15, -0.1) is 10.2 Å². The van der Waals surface area contributed by atoms with Crippen molar-refractivity contribution in [1.29, 1.82) is 0 Å². The molecule has 0 aliphatic carbocycles. The fourth-order valence-corrected chi connectivity index (χ4v) is 2.95. The number of hydrogen-bond donors (Lipinski definition) is 2. The van der Waals surface area contributed by atoms with Crippen LogP contribution >= 0.6 is 11.3 Å². The number of carboxylic acids is 1. The van der Waals surface area contributed by atoms with E-state index in [4.69, 9.17) is 5.11 Å². The molecular weight excluding hydrogens is 326 g/mol. The molecule has 24 heavy (non-hydrogen) atoms. The molecule has 6 nitrogen and oxygen atoms in total. The van der Waals surface area contributed by atoms with Gasteiger partial charge >= 0.3 is 5.97 Å². The summed E-state index contributed by atoms with van der Waals surface area (Å²) in [5, 5.41) is 20.8. The number of benzene rings is 2. The van der Waals surface area contributed by atoms with Crippen LogP contribution in [0.1, 0.15) is 31.3 Å². The van der Waals surface area contributed by atoms with Gasteiger partial charge in [-0.25, -0.2) is 4.79 Å². The molecule has 0 spiro atoms. The number of aromatic nitrogens is 2. The smallest absolute Gasteiger partial charge is 0.336 e. The predicted molar refractivity (Wildman–Crippen MR) is 90.5 cm³/mol. The van der Waals surface area contributed by atoms with Crippen molar-refractivity contribution in [2.45, 2.75) is 6.42 Å². The van der Waals surface area contributed by atoms with Gasteiger partial charge in [0.05, 0.1) is 11.1 Å². The molecule has 0 saturated heterocycles. The van der Waals surface area contributed by atoms with E-state index in [1.807, 2.05) is 30.3 Å². The molecular formula is C17H13N3O3S. The Morgan fingerprint density at radius 3 is 2.33 bits per heavy atom. The predicted octanol–water partition coefficient (Wildman–Crippen LogP) is 3.08. The van der Waals surface area contributed by atoms with Gasteiger partial charge in [0.15, 0.2) is 0 Å². The molecule has 1 heterocycles. The highest BCUT2D eigenvalue weighted by atomic mass is 32.1. The van der Waals surface area contributed by atoms with Crippen LogP contribution in [0.5, 0.6) is 0 Å². The number of carbonyl (C=O) groups is 2. The van der Waals surface area contributed by atoms with Crippen molar-refractivity contribution in [3.05, 3.63) is 76.3 Å². The molecule has 0 unspecified atom stereocenters. The maximum Gasteiger partial charge on any atom is 0.336 e. The van der Waals surface area contributed by atoms with Crippen molar-refractivity contribution in [2.75, 3.05) is 5.32 Å². The molecule has 3 rings (SSSR count). The third kappa shape index (κ3) is 3.64.